The van der Waals surface area contributed by atoms with Crippen LogP contribution in [0.4, 0.5) is 4.39 Å². The van der Waals surface area contributed by atoms with E-state index in [1.54, 1.807) is 6.07 Å². The Labute approximate surface area is 103 Å². The Balaban J connectivity index is 2.06. The molecule has 17 heavy (non-hydrogen) atoms. The lowest BCUT2D eigenvalue weighted by molar-refractivity contribution is 0.448. The van der Waals surface area contributed by atoms with Gasteiger partial charge in [-0.05, 0) is 49.3 Å². The van der Waals surface area contributed by atoms with Gasteiger partial charge in [-0.15, -0.1) is 0 Å². The van der Waals surface area contributed by atoms with E-state index in [1.807, 2.05) is 6.20 Å². The lowest BCUT2D eigenvalue weighted by Gasteiger charge is -2.24. The molecule has 1 saturated carbocycles. The first-order valence-corrected chi connectivity index (χ1v) is 6.48. The van der Waals surface area contributed by atoms with Gasteiger partial charge in [0.1, 0.15) is 5.82 Å². The van der Waals surface area contributed by atoms with Crippen molar-refractivity contribution >= 4 is 0 Å². The normalized spacial score (nSPS) is 28.5. The SMILES string of the molecule is CCCNC1CCC(C)(c2cncc(F)c2)C1. The minimum Gasteiger partial charge on any atom is -0.314 e. The zero-order valence-electron chi connectivity index (χ0n) is 10.7. The van der Waals surface area contributed by atoms with Crippen LogP contribution in [0.1, 0.15) is 45.1 Å². The molecule has 2 atom stereocenters. The van der Waals surface area contributed by atoms with E-state index in [0.29, 0.717) is 6.04 Å². The Morgan fingerprint density at radius 3 is 3.06 bits per heavy atom. The summed E-state index contributed by atoms with van der Waals surface area (Å²) in [6, 6.07) is 2.21. The van der Waals surface area contributed by atoms with E-state index in [2.05, 4.69) is 24.1 Å². The fourth-order valence-corrected chi connectivity index (χ4v) is 2.77. The molecular formula is C14H21FN2. The Hall–Kier alpha value is -0.960. The summed E-state index contributed by atoms with van der Waals surface area (Å²) in [4.78, 5) is 3.97. The summed E-state index contributed by atoms with van der Waals surface area (Å²) >= 11 is 0. The molecular weight excluding hydrogens is 215 g/mol. The number of aromatic nitrogens is 1. The van der Waals surface area contributed by atoms with Crippen LogP contribution in [0.5, 0.6) is 0 Å². The largest absolute Gasteiger partial charge is 0.314 e. The number of hydrogen-bond donors (Lipinski definition) is 1. The highest BCUT2D eigenvalue weighted by Crippen LogP contribution is 2.40. The highest BCUT2D eigenvalue weighted by atomic mass is 19.1. The standard InChI is InChI=1S/C14H21FN2/c1-3-6-17-13-4-5-14(2,8-13)11-7-12(15)10-16-9-11/h7,9-10,13,17H,3-6,8H2,1-2H3. The minimum absolute atomic E-state index is 0.0838. The van der Waals surface area contributed by atoms with Crippen LogP contribution < -0.4 is 5.32 Å². The van der Waals surface area contributed by atoms with Crippen molar-refractivity contribution < 1.29 is 4.39 Å². The van der Waals surface area contributed by atoms with Gasteiger partial charge in [0, 0.05) is 12.2 Å². The van der Waals surface area contributed by atoms with Crippen LogP contribution in [0.2, 0.25) is 0 Å². The summed E-state index contributed by atoms with van der Waals surface area (Å²) in [5, 5.41) is 3.56. The molecule has 0 spiro atoms. The molecule has 2 unspecified atom stereocenters. The molecule has 2 rings (SSSR count). The maximum absolute atomic E-state index is 13.2. The molecule has 1 N–H and O–H groups in total. The predicted molar refractivity (Wildman–Crippen MR) is 67.5 cm³/mol. The molecule has 0 amide bonds. The van der Waals surface area contributed by atoms with Crippen molar-refractivity contribution in [3.63, 3.8) is 0 Å². The van der Waals surface area contributed by atoms with Gasteiger partial charge in [0.15, 0.2) is 0 Å². The average molecular weight is 236 g/mol. The summed E-state index contributed by atoms with van der Waals surface area (Å²) in [5.41, 5.74) is 1.12. The molecule has 3 heteroatoms. The molecule has 1 aliphatic carbocycles. The second kappa shape index (κ2) is 5.13. The first-order valence-electron chi connectivity index (χ1n) is 6.48. The average Bonchev–Trinajstić information content (AvgIpc) is 2.70. The monoisotopic (exact) mass is 236 g/mol. The maximum Gasteiger partial charge on any atom is 0.141 e. The summed E-state index contributed by atoms with van der Waals surface area (Å²) in [7, 11) is 0. The van der Waals surface area contributed by atoms with E-state index in [0.717, 1.165) is 31.4 Å². The van der Waals surface area contributed by atoms with Gasteiger partial charge in [0.25, 0.3) is 0 Å². The minimum atomic E-state index is -0.228. The summed E-state index contributed by atoms with van der Waals surface area (Å²) < 4.78 is 13.2. The summed E-state index contributed by atoms with van der Waals surface area (Å²) in [5.74, 6) is -0.228. The van der Waals surface area contributed by atoms with Crippen molar-refractivity contribution in [1.82, 2.24) is 10.3 Å². The number of halogens is 1. The zero-order valence-corrected chi connectivity index (χ0v) is 10.7. The second-order valence-electron chi connectivity index (χ2n) is 5.35. The molecule has 2 nitrogen and oxygen atoms in total. The van der Waals surface area contributed by atoms with Gasteiger partial charge in [0.2, 0.25) is 0 Å². The Morgan fingerprint density at radius 1 is 1.53 bits per heavy atom. The Bertz CT molecular complexity index is 380. The second-order valence-corrected chi connectivity index (χ2v) is 5.35. The highest BCUT2D eigenvalue weighted by molar-refractivity contribution is 5.23. The van der Waals surface area contributed by atoms with Gasteiger partial charge in [-0.25, -0.2) is 4.39 Å². The molecule has 0 bridgehead atoms. The van der Waals surface area contributed by atoms with Gasteiger partial charge in [-0.3, -0.25) is 4.98 Å². The summed E-state index contributed by atoms with van der Waals surface area (Å²) in [6.45, 7) is 5.47. The number of nitrogens with one attached hydrogen (secondary N) is 1. The van der Waals surface area contributed by atoms with Gasteiger partial charge < -0.3 is 5.32 Å². The van der Waals surface area contributed by atoms with Crippen LogP contribution in [-0.2, 0) is 5.41 Å². The van der Waals surface area contributed by atoms with Crippen LogP contribution in [0.25, 0.3) is 0 Å². The van der Waals surface area contributed by atoms with Crippen LogP contribution in [0.15, 0.2) is 18.5 Å². The van der Waals surface area contributed by atoms with Gasteiger partial charge in [-0.1, -0.05) is 13.8 Å². The fourth-order valence-electron chi connectivity index (χ4n) is 2.77. The van der Waals surface area contributed by atoms with E-state index in [9.17, 15) is 4.39 Å². The molecule has 94 valence electrons. The lowest BCUT2D eigenvalue weighted by atomic mass is 9.81. The number of rotatable bonds is 4. The lowest BCUT2D eigenvalue weighted by Crippen LogP contribution is -2.29. The zero-order chi connectivity index (χ0) is 12.3. The van der Waals surface area contributed by atoms with Crippen LogP contribution in [0.3, 0.4) is 0 Å². The first kappa shape index (κ1) is 12.5. The van der Waals surface area contributed by atoms with E-state index >= 15 is 0 Å². The van der Waals surface area contributed by atoms with Gasteiger partial charge in [-0.2, -0.15) is 0 Å². The Morgan fingerprint density at radius 2 is 2.35 bits per heavy atom. The van der Waals surface area contributed by atoms with Crippen molar-refractivity contribution in [3.8, 4) is 0 Å². The number of pyridine rings is 1. The van der Waals surface area contributed by atoms with Crippen molar-refractivity contribution in [1.29, 1.82) is 0 Å². The first-order chi connectivity index (χ1) is 8.14. The molecule has 1 heterocycles. The Kier molecular flexibility index (Phi) is 3.77. The number of hydrogen-bond acceptors (Lipinski definition) is 2. The third kappa shape index (κ3) is 2.83. The van der Waals surface area contributed by atoms with Gasteiger partial charge in [0.05, 0.1) is 6.20 Å². The maximum atomic E-state index is 13.2. The van der Waals surface area contributed by atoms with Crippen molar-refractivity contribution in [2.75, 3.05) is 6.54 Å². The van der Waals surface area contributed by atoms with Gasteiger partial charge >= 0.3 is 0 Å². The van der Waals surface area contributed by atoms with E-state index in [1.165, 1.54) is 12.6 Å². The molecule has 0 aliphatic heterocycles. The third-order valence-corrected chi connectivity index (χ3v) is 3.83. The fraction of sp³-hybridized carbons (Fsp3) is 0.643. The number of nitrogens with zero attached hydrogens (tertiary/aromatic N) is 1. The molecule has 0 saturated heterocycles. The van der Waals surface area contributed by atoms with Crippen LogP contribution >= 0.6 is 0 Å². The van der Waals surface area contributed by atoms with E-state index in [4.69, 9.17) is 0 Å². The van der Waals surface area contributed by atoms with Crippen molar-refractivity contribution in [2.24, 2.45) is 0 Å². The third-order valence-electron chi connectivity index (χ3n) is 3.83. The molecule has 0 radical (unpaired) electrons. The summed E-state index contributed by atoms with van der Waals surface area (Å²) in [6.07, 6.45) is 7.61. The molecule has 1 fully saturated rings. The van der Waals surface area contributed by atoms with Crippen molar-refractivity contribution in [2.45, 2.75) is 51.0 Å². The van der Waals surface area contributed by atoms with E-state index < -0.39 is 0 Å². The van der Waals surface area contributed by atoms with Crippen LogP contribution in [0, 0.1) is 5.82 Å². The van der Waals surface area contributed by atoms with E-state index in [-0.39, 0.29) is 11.2 Å². The van der Waals surface area contributed by atoms with Crippen molar-refractivity contribution in [3.05, 3.63) is 29.8 Å². The molecule has 1 aliphatic rings. The smallest absolute Gasteiger partial charge is 0.141 e. The molecule has 0 aromatic carbocycles. The molecule has 1 aromatic rings. The molecule has 1 aromatic heterocycles. The topological polar surface area (TPSA) is 24.9 Å². The highest BCUT2D eigenvalue weighted by Gasteiger charge is 2.36. The predicted octanol–water partition coefficient (Wildman–Crippen LogP) is 3.03. The quantitative estimate of drug-likeness (QED) is 0.869. The van der Waals surface area contributed by atoms with Crippen LogP contribution in [-0.4, -0.2) is 17.6 Å².